The fourth-order valence-corrected chi connectivity index (χ4v) is 3.14. The number of nitrogens with zero attached hydrogens (tertiary/aromatic N) is 1. The summed E-state index contributed by atoms with van der Waals surface area (Å²) >= 11 is 5.96. The molecule has 1 amide bonds. The van der Waals surface area contributed by atoms with Gasteiger partial charge in [-0.25, -0.2) is 0 Å². The highest BCUT2D eigenvalue weighted by atomic mass is 35.5. The van der Waals surface area contributed by atoms with Crippen LogP contribution in [0.2, 0.25) is 5.02 Å². The number of amides is 1. The molecule has 5 nitrogen and oxygen atoms in total. The van der Waals surface area contributed by atoms with Crippen molar-refractivity contribution in [3.63, 3.8) is 0 Å². The van der Waals surface area contributed by atoms with Crippen molar-refractivity contribution in [1.29, 1.82) is 0 Å². The Balaban J connectivity index is 1.76. The Morgan fingerprint density at radius 1 is 1.04 bits per heavy atom. The number of rotatable bonds is 3. The number of benzene rings is 2. The summed E-state index contributed by atoms with van der Waals surface area (Å²) in [5, 5.41) is 4.11. The van der Waals surface area contributed by atoms with Gasteiger partial charge in [0.2, 0.25) is 0 Å². The van der Waals surface area contributed by atoms with Crippen molar-refractivity contribution in [1.82, 2.24) is 9.55 Å². The number of anilines is 1. The molecule has 0 radical (unpaired) electrons. The first-order chi connectivity index (χ1) is 13.0. The van der Waals surface area contributed by atoms with Crippen molar-refractivity contribution in [2.45, 2.75) is 6.92 Å². The highest BCUT2D eigenvalue weighted by molar-refractivity contribution is 6.31. The van der Waals surface area contributed by atoms with Gasteiger partial charge in [-0.2, -0.15) is 0 Å². The van der Waals surface area contributed by atoms with E-state index in [0.29, 0.717) is 22.1 Å². The number of aryl methyl sites for hydroxylation is 1. The summed E-state index contributed by atoms with van der Waals surface area (Å²) < 4.78 is 1.56. The number of halogens is 1. The van der Waals surface area contributed by atoms with Crippen LogP contribution in [0.4, 0.5) is 5.69 Å². The second kappa shape index (κ2) is 6.78. The van der Waals surface area contributed by atoms with Gasteiger partial charge in [0, 0.05) is 22.2 Å². The average molecular weight is 378 g/mol. The second-order valence-corrected chi connectivity index (χ2v) is 6.73. The van der Waals surface area contributed by atoms with E-state index in [0.717, 1.165) is 16.6 Å². The number of H-pyrrole nitrogens is 1. The van der Waals surface area contributed by atoms with Crippen molar-refractivity contribution in [3.8, 4) is 5.69 Å². The molecule has 0 bridgehead atoms. The van der Waals surface area contributed by atoms with Crippen LogP contribution in [0.1, 0.15) is 16.1 Å². The number of carbonyl (C=O) groups excluding carboxylic acids is 1. The van der Waals surface area contributed by atoms with Crippen LogP contribution in [0.15, 0.2) is 71.5 Å². The van der Waals surface area contributed by atoms with Crippen molar-refractivity contribution in [2.24, 2.45) is 0 Å². The van der Waals surface area contributed by atoms with Gasteiger partial charge >= 0.3 is 0 Å². The SMILES string of the molecule is Cc1ccc(-n2c(=O)ccc3cc(C(=O)Nc4cccc(Cl)c4)[nH]c32)cc1. The zero-order valence-corrected chi connectivity index (χ0v) is 15.2. The van der Waals surface area contributed by atoms with Gasteiger partial charge in [0.05, 0.1) is 5.69 Å². The number of aromatic amines is 1. The van der Waals surface area contributed by atoms with Gasteiger partial charge in [-0.05, 0) is 49.4 Å². The monoisotopic (exact) mass is 377 g/mol. The average Bonchev–Trinajstić information content (AvgIpc) is 3.07. The van der Waals surface area contributed by atoms with E-state index >= 15 is 0 Å². The molecule has 2 aromatic carbocycles. The largest absolute Gasteiger partial charge is 0.336 e. The molecule has 2 aromatic heterocycles. The molecule has 2 heterocycles. The van der Waals surface area contributed by atoms with Gasteiger partial charge in [-0.3, -0.25) is 14.2 Å². The third-order valence-corrected chi connectivity index (χ3v) is 4.53. The molecule has 0 saturated heterocycles. The fourth-order valence-electron chi connectivity index (χ4n) is 2.95. The second-order valence-electron chi connectivity index (χ2n) is 6.29. The predicted molar refractivity (Wildman–Crippen MR) is 108 cm³/mol. The van der Waals surface area contributed by atoms with Crippen molar-refractivity contribution in [3.05, 3.63) is 93.4 Å². The molecule has 0 saturated carbocycles. The van der Waals surface area contributed by atoms with Crippen LogP contribution in [0.25, 0.3) is 16.7 Å². The Bertz CT molecular complexity index is 1210. The standard InChI is InChI=1S/C21H16ClN3O2/c1-13-5-8-17(9-6-13)25-19(26)10-7-14-11-18(24-20(14)25)21(27)23-16-4-2-3-15(22)12-16/h2-12,24H,1H3,(H,23,27). The highest BCUT2D eigenvalue weighted by Crippen LogP contribution is 2.20. The number of hydrogen-bond acceptors (Lipinski definition) is 2. The van der Waals surface area contributed by atoms with Gasteiger partial charge in [0.1, 0.15) is 11.3 Å². The summed E-state index contributed by atoms with van der Waals surface area (Å²) in [6.07, 6.45) is 0. The van der Waals surface area contributed by atoms with E-state index in [1.54, 1.807) is 41.0 Å². The summed E-state index contributed by atoms with van der Waals surface area (Å²) in [4.78, 5) is 28.1. The third-order valence-electron chi connectivity index (χ3n) is 4.30. The quantitative estimate of drug-likeness (QED) is 0.550. The lowest BCUT2D eigenvalue weighted by Gasteiger charge is -2.07. The first kappa shape index (κ1) is 17.1. The first-order valence-corrected chi connectivity index (χ1v) is 8.78. The molecule has 0 aliphatic heterocycles. The highest BCUT2D eigenvalue weighted by Gasteiger charge is 2.14. The van der Waals surface area contributed by atoms with E-state index in [1.807, 2.05) is 31.2 Å². The summed E-state index contributed by atoms with van der Waals surface area (Å²) in [6.45, 7) is 1.99. The van der Waals surface area contributed by atoms with Crippen LogP contribution >= 0.6 is 11.6 Å². The number of aromatic nitrogens is 2. The summed E-state index contributed by atoms with van der Waals surface area (Å²) in [6, 6.07) is 19.5. The molecule has 0 aliphatic carbocycles. The summed E-state index contributed by atoms with van der Waals surface area (Å²) in [5.41, 5.74) is 3.20. The molecule has 0 unspecified atom stereocenters. The molecule has 0 atom stereocenters. The minimum atomic E-state index is -0.309. The zero-order valence-electron chi connectivity index (χ0n) is 14.5. The van der Waals surface area contributed by atoms with Crippen LogP contribution in [0.5, 0.6) is 0 Å². The van der Waals surface area contributed by atoms with Crippen LogP contribution in [-0.2, 0) is 0 Å². The Kier molecular flexibility index (Phi) is 4.30. The number of fused-ring (bicyclic) bond motifs is 1. The fraction of sp³-hybridized carbons (Fsp3) is 0.0476. The van der Waals surface area contributed by atoms with E-state index in [9.17, 15) is 9.59 Å². The topological polar surface area (TPSA) is 66.9 Å². The van der Waals surface area contributed by atoms with Crippen LogP contribution in [0, 0.1) is 6.92 Å². The summed E-state index contributed by atoms with van der Waals surface area (Å²) in [7, 11) is 0. The molecule has 4 aromatic rings. The van der Waals surface area contributed by atoms with E-state index in [1.165, 1.54) is 6.07 Å². The molecule has 6 heteroatoms. The molecule has 0 fully saturated rings. The predicted octanol–water partition coefficient (Wildman–Crippen LogP) is 4.53. The molecule has 0 aliphatic rings. The van der Waals surface area contributed by atoms with Gasteiger partial charge < -0.3 is 10.3 Å². The number of nitrogens with one attached hydrogen (secondary N) is 2. The Morgan fingerprint density at radius 3 is 2.56 bits per heavy atom. The molecule has 134 valence electrons. The molecule has 27 heavy (non-hydrogen) atoms. The molecular formula is C21H16ClN3O2. The maximum Gasteiger partial charge on any atom is 0.272 e. The molecule has 0 spiro atoms. The third kappa shape index (κ3) is 3.37. The van der Waals surface area contributed by atoms with Gasteiger partial charge in [0.15, 0.2) is 0 Å². The Labute approximate surface area is 160 Å². The maximum atomic E-state index is 12.6. The van der Waals surface area contributed by atoms with Gasteiger partial charge in [-0.1, -0.05) is 35.4 Å². The lowest BCUT2D eigenvalue weighted by molar-refractivity contribution is 0.102. The molecular weight excluding hydrogens is 362 g/mol. The number of carbonyl (C=O) groups is 1. The Hall–Kier alpha value is -3.31. The Morgan fingerprint density at radius 2 is 1.81 bits per heavy atom. The normalized spacial score (nSPS) is 10.9. The first-order valence-electron chi connectivity index (χ1n) is 8.40. The number of pyridine rings is 1. The van der Waals surface area contributed by atoms with Crippen LogP contribution < -0.4 is 10.9 Å². The van der Waals surface area contributed by atoms with Crippen molar-refractivity contribution >= 4 is 34.2 Å². The van der Waals surface area contributed by atoms with Gasteiger partial charge in [0.25, 0.3) is 11.5 Å². The lowest BCUT2D eigenvalue weighted by Crippen LogP contribution is -2.17. The molecule has 2 N–H and O–H groups in total. The van der Waals surface area contributed by atoms with Crippen LogP contribution in [-0.4, -0.2) is 15.5 Å². The lowest BCUT2D eigenvalue weighted by atomic mass is 10.2. The van der Waals surface area contributed by atoms with E-state index < -0.39 is 0 Å². The number of hydrogen-bond donors (Lipinski definition) is 2. The smallest absolute Gasteiger partial charge is 0.272 e. The summed E-state index contributed by atoms with van der Waals surface area (Å²) in [5.74, 6) is -0.309. The van der Waals surface area contributed by atoms with Crippen molar-refractivity contribution < 1.29 is 4.79 Å². The molecule has 4 rings (SSSR count). The minimum absolute atomic E-state index is 0.171. The zero-order chi connectivity index (χ0) is 19.0. The van der Waals surface area contributed by atoms with E-state index in [2.05, 4.69) is 10.3 Å². The van der Waals surface area contributed by atoms with E-state index in [-0.39, 0.29) is 11.5 Å². The van der Waals surface area contributed by atoms with Gasteiger partial charge in [-0.15, -0.1) is 0 Å². The maximum absolute atomic E-state index is 12.6. The minimum Gasteiger partial charge on any atom is -0.336 e. The van der Waals surface area contributed by atoms with Crippen molar-refractivity contribution in [2.75, 3.05) is 5.32 Å². The van der Waals surface area contributed by atoms with Crippen LogP contribution in [0.3, 0.4) is 0 Å². The van der Waals surface area contributed by atoms with E-state index in [4.69, 9.17) is 11.6 Å².